The Morgan fingerprint density at radius 3 is 2.32 bits per heavy atom. The second-order valence-electron chi connectivity index (χ2n) is 4.23. The van der Waals surface area contributed by atoms with Gasteiger partial charge in [-0.25, -0.2) is 4.98 Å². The third-order valence-electron chi connectivity index (χ3n) is 2.65. The summed E-state index contributed by atoms with van der Waals surface area (Å²) in [6, 6.07) is 9.99. The third kappa shape index (κ3) is 5.93. The Balaban J connectivity index is 0.000000258. The monoisotopic (exact) mass is 279 g/mol. The Morgan fingerprint density at radius 2 is 1.84 bits per heavy atom. The first-order valence-corrected chi connectivity index (χ1v) is 7.41. The molecule has 0 aliphatic heterocycles. The summed E-state index contributed by atoms with van der Waals surface area (Å²) in [7, 11) is 0. The van der Waals surface area contributed by atoms with Crippen LogP contribution in [0, 0.1) is 0 Å². The van der Waals surface area contributed by atoms with Crippen LogP contribution in [0.3, 0.4) is 0 Å². The maximum atomic E-state index is 5.51. The van der Waals surface area contributed by atoms with E-state index in [2.05, 4.69) is 11.9 Å². The van der Waals surface area contributed by atoms with Crippen molar-refractivity contribution in [1.82, 2.24) is 4.98 Å². The lowest BCUT2D eigenvalue weighted by molar-refractivity contribution is 0.514. The van der Waals surface area contributed by atoms with Crippen LogP contribution in [0.4, 0.5) is 0 Å². The SMILES string of the molecule is CCCCCCl.CCc1ncc(-c2ccccc2)o1. The van der Waals surface area contributed by atoms with Gasteiger partial charge in [0, 0.05) is 17.9 Å². The highest BCUT2D eigenvalue weighted by atomic mass is 35.5. The van der Waals surface area contributed by atoms with Gasteiger partial charge in [-0.15, -0.1) is 11.6 Å². The highest BCUT2D eigenvalue weighted by molar-refractivity contribution is 6.17. The molecule has 0 radical (unpaired) electrons. The molecule has 1 aromatic carbocycles. The van der Waals surface area contributed by atoms with E-state index in [0.29, 0.717) is 0 Å². The highest BCUT2D eigenvalue weighted by Gasteiger charge is 2.02. The lowest BCUT2D eigenvalue weighted by atomic mass is 10.2. The van der Waals surface area contributed by atoms with Crippen molar-refractivity contribution in [2.45, 2.75) is 39.5 Å². The number of halogens is 1. The summed E-state index contributed by atoms with van der Waals surface area (Å²) >= 11 is 5.38. The average Bonchev–Trinajstić information content (AvgIpc) is 2.96. The third-order valence-corrected chi connectivity index (χ3v) is 2.92. The summed E-state index contributed by atoms with van der Waals surface area (Å²) in [5, 5.41) is 0. The number of alkyl halides is 1. The first kappa shape index (κ1) is 15.8. The highest BCUT2D eigenvalue weighted by Crippen LogP contribution is 2.19. The number of nitrogens with zero attached hydrogens (tertiary/aromatic N) is 1. The molecule has 104 valence electrons. The molecule has 0 amide bonds. The molecule has 0 saturated heterocycles. The van der Waals surface area contributed by atoms with Gasteiger partial charge in [-0.1, -0.05) is 57.0 Å². The van der Waals surface area contributed by atoms with E-state index in [-0.39, 0.29) is 0 Å². The Bertz CT molecular complexity index is 435. The molecule has 2 nitrogen and oxygen atoms in total. The Kier molecular flexibility index (Phi) is 7.99. The van der Waals surface area contributed by atoms with E-state index in [1.54, 1.807) is 6.20 Å². The molecule has 1 aromatic heterocycles. The standard InChI is InChI=1S/C11H11NO.C5H11Cl/c1-2-11-12-8-10(13-11)9-6-4-3-5-7-9;1-2-3-4-5-6/h3-8H,2H2,1H3;2-5H2,1H3. The Hall–Kier alpha value is -1.28. The molecular weight excluding hydrogens is 258 g/mol. The van der Waals surface area contributed by atoms with Crippen molar-refractivity contribution in [3.8, 4) is 11.3 Å². The van der Waals surface area contributed by atoms with Gasteiger partial charge in [0.15, 0.2) is 11.7 Å². The van der Waals surface area contributed by atoms with Gasteiger partial charge in [-0.2, -0.15) is 0 Å². The van der Waals surface area contributed by atoms with Crippen molar-refractivity contribution in [3.63, 3.8) is 0 Å². The van der Waals surface area contributed by atoms with Crippen LogP contribution in [0.2, 0.25) is 0 Å². The van der Waals surface area contributed by atoms with Crippen molar-refractivity contribution in [2.75, 3.05) is 5.88 Å². The molecule has 19 heavy (non-hydrogen) atoms. The molecule has 1 heterocycles. The van der Waals surface area contributed by atoms with Crippen LogP contribution in [0.1, 0.15) is 39.0 Å². The summed E-state index contributed by atoms with van der Waals surface area (Å²) in [6.07, 6.45) is 6.34. The number of rotatable bonds is 5. The van der Waals surface area contributed by atoms with Gasteiger partial charge in [-0.05, 0) is 6.42 Å². The van der Waals surface area contributed by atoms with Crippen molar-refractivity contribution >= 4 is 11.6 Å². The number of hydrogen-bond acceptors (Lipinski definition) is 2. The molecule has 3 heteroatoms. The lowest BCUT2D eigenvalue weighted by Crippen LogP contribution is -1.74. The molecule has 0 aliphatic carbocycles. The van der Waals surface area contributed by atoms with Crippen molar-refractivity contribution in [2.24, 2.45) is 0 Å². The second kappa shape index (κ2) is 9.62. The minimum absolute atomic E-state index is 0.791. The van der Waals surface area contributed by atoms with E-state index in [0.717, 1.165) is 29.5 Å². The van der Waals surface area contributed by atoms with Crippen LogP contribution in [0.25, 0.3) is 11.3 Å². The summed E-state index contributed by atoms with van der Waals surface area (Å²) in [5.41, 5.74) is 1.08. The zero-order chi connectivity index (χ0) is 13.9. The second-order valence-corrected chi connectivity index (χ2v) is 4.61. The minimum atomic E-state index is 0.791. The van der Waals surface area contributed by atoms with Crippen LogP contribution in [-0.2, 0) is 6.42 Å². The van der Waals surface area contributed by atoms with E-state index in [1.807, 2.05) is 37.3 Å². The Morgan fingerprint density at radius 1 is 1.11 bits per heavy atom. The van der Waals surface area contributed by atoms with Crippen LogP contribution >= 0.6 is 11.6 Å². The summed E-state index contributed by atoms with van der Waals surface area (Å²) in [4.78, 5) is 4.14. The first-order chi connectivity index (χ1) is 9.31. The largest absolute Gasteiger partial charge is 0.441 e. The predicted octanol–water partition coefficient (Wildman–Crippen LogP) is 5.32. The van der Waals surface area contributed by atoms with E-state index < -0.39 is 0 Å². The van der Waals surface area contributed by atoms with Crippen LogP contribution in [0.15, 0.2) is 40.9 Å². The van der Waals surface area contributed by atoms with Crippen LogP contribution < -0.4 is 0 Å². The number of unbranched alkanes of at least 4 members (excludes halogenated alkanes) is 2. The molecule has 0 atom stereocenters. The number of aromatic nitrogens is 1. The fourth-order valence-electron chi connectivity index (χ4n) is 1.55. The smallest absolute Gasteiger partial charge is 0.194 e. The minimum Gasteiger partial charge on any atom is -0.441 e. The molecular formula is C16H22ClNO. The fraction of sp³-hybridized carbons (Fsp3) is 0.438. The Labute approximate surface area is 120 Å². The van der Waals surface area contributed by atoms with E-state index in [4.69, 9.17) is 16.0 Å². The number of aryl methyl sites for hydroxylation is 1. The normalized spacial score (nSPS) is 9.84. The van der Waals surface area contributed by atoms with E-state index in [1.165, 1.54) is 19.3 Å². The van der Waals surface area contributed by atoms with Crippen molar-refractivity contribution in [3.05, 3.63) is 42.4 Å². The molecule has 0 fully saturated rings. The van der Waals surface area contributed by atoms with E-state index in [9.17, 15) is 0 Å². The molecule has 0 bridgehead atoms. The molecule has 0 aliphatic rings. The topological polar surface area (TPSA) is 26.0 Å². The van der Waals surface area contributed by atoms with Gasteiger partial charge in [0.05, 0.1) is 6.20 Å². The van der Waals surface area contributed by atoms with E-state index >= 15 is 0 Å². The number of benzene rings is 1. The van der Waals surface area contributed by atoms with Gasteiger partial charge in [0.25, 0.3) is 0 Å². The van der Waals surface area contributed by atoms with Gasteiger partial charge in [-0.3, -0.25) is 0 Å². The molecule has 0 unspecified atom stereocenters. The summed E-state index contributed by atoms with van der Waals surface area (Å²) in [5.74, 6) is 2.46. The quantitative estimate of drug-likeness (QED) is 0.547. The van der Waals surface area contributed by atoms with Crippen LogP contribution in [0.5, 0.6) is 0 Å². The molecule has 0 spiro atoms. The molecule has 0 N–H and O–H groups in total. The number of hydrogen-bond donors (Lipinski definition) is 0. The van der Waals surface area contributed by atoms with Gasteiger partial charge in [0.1, 0.15) is 0 Å². The summed E-state index contributed by atoms with van der Waals surface area (Å²) < 4.78 is 5.51. The zero-order valence-corrected chi connectivity index (χ0v) is 12.5. The first-order valence-electron chi connectivity index (χ1n) is 6.87. The lowest BCUT2D eigenvalue weighted by Gasteiger charge is -1.93. The van der Waals surface area contributed by atoms with Gasteiger partial charge >= 0.3 is 0 Å². The van der Waals surface area contributed by atoms with Crippen molar-refractivity contribution in [1.29, 1.82) is 0 Å². The van der Waals surface area contributed by atoms with Crippen LogP contribution in [-0.4, -0.2) is 10.9 Å². The predicted molar refractivity (Wildman–Crippen MR) is 81.6 cm³/mol. The zero-order valence-electron chi connectivity index (χ0n) is 11.7. The maximum Gasteiger partial charge on any atom is 0.194 e. The molecule has 2 aromatic rings. The van der Waals surface area contributed by atoms with Crippen molar-refractivity contribution < 1.29 is 4.42 Å². The average molecular weight is 280 g/mol. The molecule has 2 rings (SSSR count). The number of oxazole rings is 1. The van der Waals surface area contributed by atoms with Gasteiger partial charge in [0.2, 0.25) is 0 Å². The maximum absolute atomic E-state index is 5.51. The molecule has 0 saturated carbocycles. The fourth-order valence-corrected chi connectivity index (χ4v) is 1.74. The van der Waals surface area contributed by atoms with Gasteiger partial charge < -0.3 is 4.42 Å². The summed E-state index contributed by atoms with van der Waals surface area (Å²) in [6.45, 7) is 4.20.